The third-order valence-electron chi connectivity index (χ3n) is 2.58. The molecule has 0 bridgehead atoms. The highest BCUT2D eigenvalue weighted by molar-refractivity contribution is 5.84. The minimum absolute atomic E-state index is 0.0763. The summed E-state index contributed by atoms with van der Waals surface area (Å²) in [6, 6.07) is -0.685. The maximum absolute atomic E-state index is 10.9. The first-order valence-electron chi connectivity index (χ1n) is 5.52. The SMILES string of the molecule is NC(N)=N[C@H]1C=C(C(=O)O)O[C@@H]([C@@H](O)[C@@H](O)CO)C1. The average molecular weight is 275 g/mol. The number of aliphatic hydroxyl groups excluding tert-OH is 3. The van der Waals surface area contributed by atoms with Crippen molar-refractivity contribution in [3.8, 4) is 0 Å². The highest BCUT2D eigenvalue weighted by Crippen LogP contribution is 2.23. The molecule has 1 aliphatic rings. The number of aliphatic imine (C=N–C) groups is 1. The smallest absolute Gasteiger partial charge is 0.370 e. The van der Waals surface area contributed by atoms with Gasteiger partial charge in [-0.25, -0.2) is 9.79 Å². The Bertz CT molecular complexity index is 393. The standard InChI is InChI=1S/C10H17N3O6/c11-10(12)13-4-1-6(8(16)5(15)3-14)19-7(2-4)9(17)18/h2,4-6,8,14-16H,1,3H2,(H,17,18)(H4,11,12,13)/t4-,5+,6-,8+/m1/s1. The largest absolute Gasteiger partial charge is 0.480 e. The molecule has 0 radical (unpaired) electrons. The van der Waals surface area contributed by atoms with Crippen LogP contribution in [0.15, 0.2) is 16.8 Å². The molecule has 0 spiro atoms. The van der Waals surface area contributed by atoms with Gasteiger partial charge in [0.15, 0.2) is 5.96 Å². The molecule has 4 atom stereocenters. The van der Waals surface area contributed by atoms with E-state index in [9.17, 15) is 15.0 Å². The van der Waals surface area contributed by atoms with E-state index in [2.05, 4.69) is 4.99 Å². The molecule has 0 saturated heterocycles. The van der Waals surface area contributed by atoms with Crippen LogP contribution in [-0.2, 0) is 9.53 Å². The molecule has 0 aliphatic carbocycles. The summed E-state index contributed by atoms with van der Waals surface area (Å²) in [5, 5.41) is 36.7. The van der Waals surface area contributed by atoms with Crippen LogP contribution in [0.4, 0.5) is 0 Å². The van der Waals surface area contributed by atoms with Crippen LogP contribution in [0, 0.1) is 0 Å². The van der Waals surface area contributed by atoms with Crippen molar-refractivity contribution in [3.63, 3.8) is 0 Å². The lowest BCUT2D eigenvalue weighted by Crippen LogP contribution is -2.44. The van der Waals surface area contributed by atoms with E-state index in [1.807, 2.05) is 0 Å². The Kier molecular flexibility index (Phi) is 5.10. The lowest BCUT2D eigenvalue weighted by atomic mass is 9.98. The van der Waals surface area contributed by atoms with E-state index in [4.69, 9.17) is 26.4 Å². The summed E-state index contributed by atoms with van der Waals surface area (Å²) >= 11 is 0. The van der Waals surface area contributed by atoms with Crippen LogP contribution in [0.2, 0.25) is 0 Å². The van der Waals surface area contributed by atoms with Crippen LogP contribution in [0.5, 0.6) is 0 Å². The van der Waals surface area contributed by atoms with E-state index in [1.165, 1.54) is 6.08 Å². The van der Waals surface area contributed by atoms with Gasteiger partial charge in [-0.3, -0.25) is 0 Å². The van der Waals surface area contributed by atoms with Crippen LogP contribution in [-0.4, -0.2) is 63.3 Å². The summed E-state index contributed by atoms with van der Waals surface area (Å²) in [6.45, 7) is -0.680. The van der Waals surface area contributed by atoms with E-state index >= 15 is 0 Å². The van der Waals surface area contributed by atoms with E-state index in [0.29, 0.717) is 0 Å². The first-order chi connectivity index (χ1) is 8.85. The van der Waals surface area contributed by atoms with Crippen molar-refractivity contribution in [1.29, 1.82) is 0 Å². The molecule has 0 unspecified atom stereocenters. The molecular formula is C10H17N3O6. The Morgan fingerprint density at radius 1 is 1.53 bits per heavy atom. The first kappa shape index (κ1) is 15.2. The lowest BCUT2D eigenvalue weighted by Gasteiger charge is -2.31. The number of carboxylic acid groups (broad SMARTS) is 1. The predicted octanol–water partition coefficient (Wildman–Crippen LogP) is -2.90. The number of nitrogens with zero attached hydrogens (tertiary/aromatic N) is 1. The minimum atomic E-state index is -1.45. The van der Waals surface area contributed by atoms with E-state index in [-0.39, 0.29) is 12.4 Å². The van der Waals surface area contributed by atoms with Gasteiger partial charge in [0.1, 0.15) is 18.3 Å². The summed E-state index contributed by atoms with van der Waals surface area (Å²) < 4.78 is 5.03. The second-order valence-corrected chi connectivity index (χ2v) is 4.09. The lowest BCUT2D eigenvalue weighted by molar-refractivity contribution is -0.143. The number of aliphatic hydroxyl groups is 3. The number of rotatable bonds is 5. The number of carbonyl (C=O) groups is 1. The fourth-order valence-electron chi connectivity index (χ4n) is 1.70. The van der Waals surface area contributed by atoms with Crippen LogP contribution < -0.4 is 11.5 Å². The fourth-order valence-corrected chi connectivity index (χ4v) is 1.70. The second-order valence-electron chi connectivity index (χ2n) is 4.09. The molecule has 0 fully saturated rings. The van der Waals surface area contributed by atoms with Gasteiger partial charge < -0.3 is 36.6 Å². The van der Waals surface area contributed by atoms with Gasteiger partial charge in [0.2, 0.25) is 5.76 Å². The summed E-state index contributed by atoms with van der Waals surface area (Å²) in [7, 11) is 0. The Hall–Kier alpha value is -1.84. The van der Waals surface area contributed by atoms with Crippen LogP contribution >= 0.6 is 0 Å². The molecule has 9 nitrogen and oxygen atoms in total. The third kappa shape index (κ3) is 4.09. The van der Waals surface area contributed by atoms with Gasteiger partial charge in [-0.2, -0.15) is 0 Å². The first-order valence-corrected chi connectivity index (χ1v) is 5.52. The van der Waals surface area contributed by atoms with Crippen LogP contribution in [0.3, 0.4) is 0 Å². The molecule has 1 rings (SSSR count). The van der Waals surface area contributed by atoms with Gasteiger partial charge in [0.05, 0.1) is 12.6 Å². The molecule has 0 aromatic rings. The number of hydrogen-bond acceptors (Lipinski definition) is 6. The molecule has 1 aliphatic heterocycles. The van der Waals surface area contributed by atoms with Gasteiger partial charge in [0, 0.05) is 6.42 Å². The molecule has 0 saturated carbocycles. The van der Waals surface area contributed by atoms with Gasteiger partial charge in [-0.05, 0) is 6.08 Å². The zero-order valence-corrected chi connectivity index (χ0v) is 10.0. The predicted molar refractivity (Wildman–Crippen MR) is 63.9 cm³/mol. The molecule has 19 heavy (non-hydrogen) atoms. The number of aliphatic carboxylic acids is 1. The van der Waals surface area contributed by atoms with Crippen molar-refractivity contribution >= 4 is 11.9 Å². The Labute approximate surface area is 108 Å². The molecular weight excluding hydrogens is 258 g/mol. The molecule has 0 aromatic heterocycles. The monoisotopic (exact) mass is 275 g/mol. The Morgan fingerprint density at radius 3 is 2.63 bits per heavy atom. The van der Waals surface area contributed by atoms with Gasteiger partial charge in [-0.1, -0.05) is 0 Å². The molecule has 0 amide bonds. The number of guanidine groups is 1. The maximum atomic E-state index is 10.9. The highest BCUT2D eigenvalue weighted by Gasteiger charge is 2.35. The molecule has 9 heteroatoms. The number of ether oxygens (including phenoxy) is 1. The Balaban J connectivity index is 2.91. The molecule has 1 heterocycles. The average Bonchev–Trinajstić information content (AvgIpc) is 2.35. The summed E-state index contributed by atoms with van der Waals surface area (Å²) in [6.07, 6.45) is -2.65. The van der Waals surface area contributed by atoms with Crippen molar-refractivity contribution in [2.75, 3.05) is 6.61 Å². The van der Waals surface area contributed by atoms with Crippen molar-refractivity contribution in [2.45, 2.75) is 30.8 Å². The molecule has 108 valence electrons. The van der Waals surface area contributed by atoms with Gasteiger partial charge in [0.25, 0.3) is 0 Å². The summed E-state index contributed by atoms with van der Waals surface area (Å²) in [5.74, 6) is -1.99. The van der Waals surface area contributed by atoms with Crippen LogP contribution in [0.25, 0.3) is 0 Å². The van der Waals surface area contributed by atoms with E-state index < -0.39 is 42.7 Å². The van der Waals surface area contributed by atoms with Crippen molar-refractivity contribution in [3.05, 3.63) is 11.8 Å². The van der Waals surface area contributed by atoms with E-state index in [1.54, 1.807) is 0 Å². The topological polar surface area (TPSA) is 172 Å². The number of nitrogens with two attached hydrogens (primary N) is 2. The fraction of sp³-hybridized carbons (Fsp3) is 0.600. The zero-order valence-electron chi connectivity index (χ0n) is 10.0. The number of hydrogen-bond donors (Lipinski definition) is 6. The minimum Gasteiger partial charge on any atom is -0.480 e. The van der Waals surface area contributed by atoms with Crippen molar-refractivity contribution < 1.29 is 30.0 Å². The molecule has 0 aromatic carbocycles. The normalized spacial score (nSPS) is 25.7. The highest BCUT2D eigenvalue weighted by atomic mass is 16.5. The summed E-state index contributed by atoms with van der Waals surface area (Å²) in [5.41, 5.74) is 10.4. The van der Waals surface area contributed by atoms with Gasteiger partial charge >= 0.3 is 5.97 Å². The van der Waals surface area contributed by atoms with Crippen molar-refractivity contribution in [1.82, 2.24) is 0 Å². The molecule has 8 N–H and O–H groups in total. The number of carboxylic acids is 1. The zero-order chi connectivity index (χ0) is 14.6. The third-order valence-corrected chi connectivity index (χ3v) is 2.58. The van der Waals surface area contributed by atoms with Crippen LogP contribution in [0.1, 0.15) is 6.42 Å². The van der Waals surface area contributed by atoms with Crippen molar-refractivity contribution in [2.24, 2.45) is 16.5 Å². The quantitative estimate of drug-likeness (QED) is 0.229. The van der Waals surface area contributed by atoms with E-state index in [0.717, 1.165) is 0 Å². The second kappa shape index (κ2) is 6.36. The Morgan fingerprint density at radius 2 is 2.16 bits per heavy atom. The van der Waals surface area contributed by atoms with Gasteiger partial charge in [-0.15, -0.1) is 0 Å². The summed E-state index contributed by atoms with van der Waals surface area (Å²) in [4.78, 5) is 14.7. The maximum Gasteiger partial charge on any atom is 0.370 e.